The molecule has 1 aromatic rings. The molecule has 2 N–H and O–H groups in total. The largest absolute Gasteiger partial charge is 0.494 e. The van der Waals surface area contributed by atoms with Gasteiger partial charge in [-0.3, -0.25) is 9.69 Å². The second kappa shape index (κ2) is 12.1. The molecule has 1 saturated heterocycles. The number of carbonyl (C=O) groups excluding carboxylic acids is 1. The van der Waals surface area contributed by atoms with Gasteiger partial charge < -0.3 is 15.4 Å². The summed E-state index contributed by atoms with van der Waals surface area (Å²) in [5.41, 5.74) is 0.686. The van der Waals surface area contributed by atoms with Crippen molar-refractivity contribution >= 4 is 18.3 Å². The number of carbonyl (C=O) groups is 1. The molecule has 1 heterocycles. The predicted molar refractivity (Wildman–Crippen MR) is 100 cm³/mol. The number of piperazine rings is 1. The van der Waals surface area contributed by atoms with Crippen LogP contribution in [0.15, 0.2) is 24.3 Å². The molecule has 0 atom stereocenters. The SMILES string of the molecule is CCCCCOc1ccc(C(=O)NCCN2CCNCC2)cc1.Cl. The molecule has 2 rings (SSSR count). The number of benzene rings is 1. The summed E-state index contributed by atoms with van der Waals surface area (Å²) in [4.78, 5) is 14.5. The number of nitrogens with one attached hydrogen (secondary N) is 2. The summed E-state index contributed by atoms with van der Waals surface area (Å²) in [6.45, 7) is 8.70. The van der Waals surface area contributed by atoms with Gasteiger partial charge in [-0.05, 0) is 30.7 Å². The van der Waals surface area contributed by atoms with Crippen molar-refractivity contribution in [2.24, 2.45) is 0 Å². The Morgan fingerprint density at radius 2 is 1.92 bits per heavy atom. The fourth-order valence-corrected chi connectivity index (χ4v) is 2.61. The number of amides is 1. The van der Waals surface area contributed by atoms with Crippen molar-refractivity contribution in [2.75, 3.05) is 45.9 Å². The van der Waals surface area contributed by atoms with Crippen molar-refractivity contribution in [1.82, 2.24) is 15.5 Å². The van der Waals surface area contributed by atoms with Crippen molar-refractivity contribution in [2.45, 2.75) is 26.2 Å². The Morgan fingerprint density at radius 3 is 2.58 bits per heavy atom. The van der Waals surface area contributed by atoms with E-state index in [9.17, 15) is 4.79 Å². The van der Waals surface area contributed by atoms with Crippen LogP contribution in [-0.2, 0) is 0 Å². The van der Waals surface area contributed by atoms with Gasteiger partial charge in [-0.1, -0.05) is 19.8 Å². The maximum absolute atomic E-state index is 12.1. The Balaban J connectivity index is 0.00000288. The number of unbranched alkanes of at least 4 members (excludes halogenated alkanes) is 2. The standard InChI is InChI=1S/C18H29N3O2.ClH/c1-2-3-4-15-23-17-7-5-16(6-8-17)18(22)20-11-14-21-12-9-19-10-13-21;/h5-8,19H,2-4,9-15H2,1H3,(H,20,22);1H. The first kappa shape index (κ1) is 20.7. The van der Waals surface area contributed by atoms with E-state index in [-0.39, 0.29) is 18.3 Å². The minimum absolute atomic E-state index is 0. The minimum Gasteiger partial charge on any atom is -0.494 e. The summed E-state index contributed by atoms with van der Waals surface area (Å²) in [7, 11) is 0. The molecule has 0 aliphatic carbocycles. The van der Waals surface area contributed by atoms with Crippen LogP contribution < -0.4 is 15.4 Å². The van der Waals surface area contributed by atoms with Crippen molar-refractivity contribution in [1.29, 1.82) is 0 Å². The van der Waals surface area contributed by atoms with Gasteiger partial charge in [-0.25, -0.2) is 0 Å². The van der Waals surface area contributed by atoms with Crippen LogP contribution in [0.4, 0.5) is 0 Å². The number of rotatable bonds is 9. The van der Waals surface area contributed by atoms with Gasteiger partial charge in [0.2, 0.25) is 0 Å². The monoisotopic (exact) mass is 355 g/mol. The van der Waals surface area contributed by atoms with E-state index in [4.69, 9.17) is 4.74 Å². The summed E-state index contributed by atoms with van der Waals surface area (Å²) >= 11 is 0. The molecule has 0 aromatic heterocycles. The molecule has 1 amide bonds. The number of nitrogens with zero attached hydrogens (tertiary/aromatic N) is 1. The van der Waals surface area contributed by atoms with Crippen LogP contribution >= 0.6 is 12.4 Å². The zero-order valence-corrected chi connectivity index (χ0v) is 15.4. The zero-order chi connectivity index (χ0) is 16.3. The van der Waals surface area contributed by atoms with E-state index >= 15 is 0 Å². The van der Waals surface area contributed by atoms with Gasteiger partial charge in [0, 0.05) is 44.8 Å². The van der Waals surface area contributed by atoms with Crippen molar-refractivity contribution < 1.29 is 9.53 Å². The summed E-state index contributed by atoms with van der Waals surface area (Å²) in [6.07, 6.45) is 3.45. The topological polar surface area (TPSA) is 53.6 Å². The molecule has 136 valence electrons. The Hall–Kier alpha value is -1.30. The number of halogens is 1. The molecule has 1 aromatic carbocycles. The van der Waals surface area contributed by atoms with Crippen LogP contribution in [0.3, 0.4) is 0 Å². The van der Waals surface area contributed by atoms with Gasteiger partial charge in [-0.15, -0.1) is 12.4 Å². The lowest BCUT2D eigenvalue weighted by Crippen LogP contribution is -2.46. The number of hydrogen-bond donors (Lipinski definition) is 2. The second-order valence-corrected chi connectivity index (χ2v) is 5.93. The molecule has 0 bridgehead atoms. The lowest BCUT2D eigenvalue weighted by Gasteiger charge is -2.27. The lowest BCUT2D eigenvalue weighted by molar-refractivity contribution is 0.0947. The maximum Gasteiger partial charge on any atom is 0.251 e. The summed E-state index contributed by atoms with van der Waals surface area (Å²) in [6, 6.07) is 7.40. The Kier molecular flexibility index (Phi) is 10.5. The highest BCUT2D eigenvalue weighted by molar-refractivity contribution is 5.94. The lowest BCUT2D eigenvalue weighted by atomic mass is 10.2. The molecule has 24 heavy (non-hydrogen) atoms. The third-order valence-corrected chi connectivity index (χ3v) is 4.06. The van der Waals surface area contributed by atoms with Crippen LogP contribution in [0.25, 0.3) is 0 Å². The fraction of sp³-hybridized carbons (Fsp3) is 0.611. The minimum atomic E-state index is -0.0160. The van der Waals surface area contributed by atoms with Crippen LogP contribution in [0, 0.1) is 0 Å². The van der Waals surface area contributed by atoms with Crippen molar-refractivity contribution in [3.63, 3.8) is 0 Å². The van der Waals surface area contributed by atoms with Gasteiger partial charge in [0.15, 0.2) is 0 Å². The quantitative estimate of drug-likeness (QED) is 0.667. The van der Waals surface area contributed by atoms with E-state index in [1.54, 1.807) is 0 Å². The molecule has 0 unspecified atom stereocenters. The Labute approximate surface area is 151 Å². The smallest absolute Gasteiger partial charge is 0.251 e. The van der Waals surface area contributed by atoms with Gasteiger partial charge in [0.25, 0.3) is 5.91 Å². The van der Waals surface area contributed by atoms with Crippen LogP contribution in [0.2, 0.25) is 0 Å². The molecule has 0 radical (unpaired) electrons. The average molecular weight is 356 g/mol. The molecular weight excluding hydrogens is 326 g/mol. The fourth-order valence-electron chi connectivity index (χ4n) is 2.61. The van der Waals surface area contributed by atoms with E-state index < -0.39 is 0 Å². The molecule has 1 aliphatic rings. The third-order valence-electron chi connectivity index (χ3n) is 4.06. The molecule has 5 nitrogen and oxygen atoms in total. The zero-order valence-electron chi connectivity index (χ0n) is 14.6. The highest BCUT2D eigenvalue weighted by Crippen LogP contribution is 2.13. The molecule has 0 saturated carbocycles. The third kappa shape index (κ3) is 7.51. The van der Waals surface area contributed by atoms with E-state index in [2.05, 4.69) is 22.5 Å². The molecule has 1 fully saturated rings. The number of hydrogen-bond acceptors (Lipinski definition) is 4. The van der Waals surface area contributed by atoms with E-state index in [1.165, 1.54) is 12.8 Å². The highest BCUT2D eigenvalue weighted by Gasteiger charge is 2.10. The Bertz CT molecular complexity index is 462. The van der Waals surface area contributed by atoms with Crippen LogP contribution in [-0.4, -0.2) is 56.7 Å². The van der Waals surface area contributed by atoms with E-state index in [0.29, 0.717) is 12.1 Å². The summed E-state index contributed by atoms with van der Waals surface area (Å²) in [5.74, 6) is 0.816. The van der Waals surface area contributed by atoms with E-state index in [0.717, 1.165) is 51.5 Å². The molecule has 0 spiro atoms. The van der Waals surface area contributed by atoms with Gasteiger partial charge >= 0.3 is 0 Å². The molecular formula is C18H30ClN3O2. The van der Waals surface area contributed by atoms with Crippen LogP contribution in [0.5, 0.6) is 5.75 Å². The van der Waals surface area contributed by atoms with Gasteiger partial charge in [-0.2, -0.15) is 0 Å². The first-order chi connectivity index (χ1) is 11.3. The summed E-state index contributed by atoms with van der Waals surface area (Å²) < 4.78 is 5.66. The summed E-state index contributed by atoms with van der Waals surface area (Å²) in [5, 5.41) is 6.31. The van der Waals surface area contributed by atoms with Crippen molar-refractivity contribution in [3.05, 3.63) is 29.8 Å². The molecule has 6 heteroatoms. The second-order valence-electron chi connectivity index (χ2n) is 5.93. The normalized spacial score (nSPS) is 14.7. The van der Waals surface area contributed by atoms with Crippen molar-refractivity contribution in [3.8, 4) is 5.75 Å². The Morgan fingerprint density at radius 1 is 1.21 bits per heavy atom. The predicted octanol–water partition coefficient (Wildman–Crippen LogP) is 2.31. The molecule has 1 aliphatic heterocycles. The van der Waals surface area contributed by atoms with Crippen LogP contribution in [0.1, 0.15) is 36.5 Å². The maximum atomic E-state index is 12.1. The first-order valence-electron chi connectivity index (χ1n) is 8.73. The van der Waals surface area contributed by atoms with E-state index in [1.807, 2.05) is 24.3 Å². The first-order valence-corrected chi connectivity index (χ1v) is 8.73. The van der Waals surface area contributed by atoms with Gasteiger partial charge in [0.1, 0.15) is 5.75 Å². The average Bonchev–Trinajstić information content (AvgIpc) is 2.60. The number of ether oxygens (including phenoxy) is 1. The van der Waals surface area contributed by atoms with Gasteiger partial charge in [0.05, 0.1) is 6.61 Å². The highest BCUT2D eigenvalue weighted by atomic mass is 35.5.